The summed E-state index contributed by atoms with van der Waals surface area (Å²) in [6.07, 6.45) is -4.67. The predicted octanol–water partition coefficient (Wildman–Crippen LogP) is 3.47. The van der Waals surface area contributed by atoms with Gasteiger partial charge >= 0.3 is 6.18 Å². The third kappa shape index (κ3) is 3.14. The van der Waals surface area contributed by atoms with E-state index in [1.165, 1.54) is 18.2 Å². The Bertz CT molecular complexity index is 731. The lowest BCUT2D eigenvalue weighted by Crippen LogP contribution is -2.14. The number of nitrogens with zero attached hydrogens (tertiary/aromatic N) is 1. The Hall–Kier alpha value is -2.53. The fourth-order valence-corrected chi connectivity index (χ4v) is 2.36. The molecule has 4 nitrogen and oxygen atoms in total. The third-order valence-electron chi connectivity index (χ3n) is 2.61. The summed E-state index contributed by atoms with van der Waals surface area (Å²) in [4.78, 5) is 12.1. The van der Waals surface area contributed by atoms with Crippen LogP contribution in [0, 0.1) is 11.3 Å². The summed E-state index contributed by atoms with van der Waals surface area (Å²) >= 11 is 1.08. The number of alkyl halides is 3. The van der Waals surface area contributed by atoms with Crippen LogP contribution in [0.5, 0.6) is 0 Å². The van der Waals surface area contributed by atoms with Crippen LogP contribution in [0.3, 0.4) is 0 Å². The molecule has 0 spiro atoms. The highest BCUT2D eigenvalue weighted by molar-refractivity contribution is 7.12. The standard InChI is InChI=1S/C13H8F3N3OS/c14-13(15,16)9-5-8(2-1-7(9)6-17)19-12(20)11-10(18)3-4-21-11/h1-5H,18H2,(H,19,20). The van der Waals surface area contributed by atoms with Crippen molar-refractivity contribution in [2.24, 2.45) is 0 Å². The molecule has 0 saturated carbocycles. The summed E-state index contributed by atoms with van der Waals surface area (Å²) in [6, 6.07) is 5.96. The van der Waals surface area contributed by atoms with Gasteiger partial charge in [0, 0.05) is 5.69 Å². The Morgan fingerprint density at radius 3 is 2.57 bits per heavy atom. The van der Waals surface area contributed by atoms with Gasteiger partial charge in [0.05, 0.1) is 22.9 Å². The summed E-state index contributed by atoms with van der Waals surface area (Å²) < 4.78 is 38.4. The van der Waals surface area contributed by atoms with E-state index in [0.717, 1.165) is 23.5 Å². The first kappa shape index (κ1) is 14.9. The van der Waals surface area contributed by atoms with Crippen LogP contribution in [-0.4, -0.2) is 5.91 Å². The maximum atomic E-state index is 12.8. The number of thiophene rings is 1. The van der Waals surface area contributed by atoms with Gasteiger partial charge in [0.15, 0.2) is 0 Å². The fraction of sp³-hybridized carbons (Fsp3) is 0.0769. The minimum Gasteiger partial charge on any atom is -0.397 e. The zero-order valence-electron chi connectivity index (χ0n) is 10.4. The number of nitrogen functional groups attached to an aromatic ring is 1. The van der Waals surface area contributed by atoms with E-state index in [9.17, 15) is 18.0 Å². The van der Waals surface area contributed by atoms with Crippen molar-refractivity contribution in [2.45, 2.75) is 6.18 Å². The normalized spacial score (nSPS) is 11.0. The zero-order chi connectivity index (χ0) is 15.6. The second-order valence-corrected chi connectivity index (χ2v) is 4.95. The van der Waals surface area contributed by atoms with Gasteiger partial charge in [-0.1, -0.05) is 0 Å². The fourth-order valence-electron chi connectivity index (χ4n) is 1.65. The molecule has 0 saturated heterocycles. The van der Waals surface area contributed by atoms with Gasteiger partial charge in [0.25, 0.3) is 5.91 Å². The van der Waals surface area contributed by atoms with Crippen molar-refractivity contribution >= 4 is 28.6 Å². The lowest BCUT2D eigenvalue weighted by atomic mass is 10.1. The van der Waals surface area contributed by atoms with Crippen LogP contribution in [0.4, 0.5) is 24.5 Å². The molecule has 0 radical (unpaired) electrons. The Kier molecular flexibility index (Phi) is 3.86. The van der Waals surface area contributed by atoms with Gasteiger partial charge in [-0.15, -0.1) is 11.3 Å². The van der Waals surface area contributed by atoms with Gasteiger partial charge in [0.1, 0.15) is 4.88 Å². The predicted molar refractivity (Wildman–Crippen MR) is 72.8 cm³/mol. The van der Waals surface area contributed by atoms with Crippen molar-refractivity contribution in [3.8, 4) is 6.07 Å². The van der Waals surface area contributed by atoms with Gasteiger partial charge in [-0.2, -0.15) is 18.4 Å². The summed E-state index contributed by atoms with van der Waals surface area (Å²) in [7, 11) is 0. The van der Waals surface area contributed by atoms with Crippen LogP contribution in [0.25, 0.3) is 0 Å². The van der Waals surface area contributed by atoms with E-state index in [1.807, 2.05) is 0 Å². The highest BCUT2D eigenvalue weighted by Gasteiger charge is 2.34. The maximum Gasteiger partial charge on any atom is 0.417 e. The second-order valence-electron chi connectivity index (χ2n) is 4.03. The molecule has 1 aromatic heterocycles. The lowest BCUT2D eigenvalue weighted by Gasteiger charge is -2.11. The average Bonchev–Trinajstić information content (AvgIpc) is 2.84. The largest absolute Gasteiger partial charge is 0.417 e. The molecule has 0 unspecified atom stereocenters. The quantitative estimate of drug-likeness (QED) is 0.891. The summed E-state index contributed by atoms with van der Waals surface area (Å²) in [5, 5.41) is 12.6. The Morgan fingerprint density at radius 1 is 1.33 bits per heavy atom. The van der Waals surface area contributed by atoms with Crippen molar-refractivity contribution in [1.82, 2.24) is 0 Å². The summed E-state index contributed by atoms with van der Waals surface area (Å²) in [5.41, 5.74) is 4.16. The first-order valence-corrected chi connectivity index (χ1v) is 6.46. The zero-order valence-corrected chi connectivity index (χ0v) is 11.2. The van der Waals surface area contributed by atoms with E-state index in [1.54, 1.807) is 5.38 Å². The molecule has 3 N–H and O–H groups in total. The molecule has 1 heterocycles. The van der Waals surface area contributed by atoms with Crippen LogP contribution in [-0.2, 0) is 6.18 Å². The van der Waals surface area contributed by atoms with Gasteiger partial charge in [-0.05, 0) is 29.6 Å². The average molecular weight is 311 g/mol. The number of carbonyl (C=O) groups excluding carboxylic acids is 1. The molecule has 0 bridgehead atoms. The van der Waals surface area contributed by atoms with Crippen LogP contribution in [0.1, 0.15) is 20.8 Å². The molecule has 8 heteroatoms. The number of amides is 1. The second kappa shape index (κ2) is 5.46. The van der Waals surface area contributed by atoms with E-state index in [0.29, 0.717) is 0 Å². The topological polar surface area (TPSA) is 78.9 Å². The number of hydrogen-bond acceptors (Lipinski definition) is 4. The highest BCUT2D eigenvalue weighted by atomic mass is 32.1. The number of benzene rings is 1. The van der Waals surface area contributed by atoms with Crippen LogP contribution < -0.4 is 11.1 Å². The first-order chi connectivity index (χ1) is 9.82. The molecule has 0 fully saturated rings. The number of rotatable bonds is 2. The molecule has 0 aliphatic carbocycles. The van der Waals surface area contributed by atoms with Crippen LogP contribution in [0.15, 0.2) is 29.6 Å². The molecular weight excluding hydrogens is 303 g/mol. The molecular formula is C13H8F3N3OS. The first-order valence-electron chi connectivity index (χ1n) is 5.58. The van der Waals surface area contributed by atoms with Crippen LogP contribution in [0.2, 0.25) is 0 Å². The van der Waals surface area contributed by atoms with Crippen LogP contribution >= 0.6 is 11.3 Å². The number of nitrogens with two attached hydrogens (primary N) is 1. The Labute approximate surface area is 121 Å². The van der Waals surface area contributed by atoms with E-state index >= 15 is 0 Å². The van der Waals surface area contributed by atoms with Gasteiger partial charge in [0.2, 0.25) is 0 Å². The summed E-state index contributed by atoms with van der Waals surface area (Å²) in [6.45, 7) is 0. The molecule has 1 amide bonds. The molecule has 21 heavy (non-hydrogen) atoms. The number of nitriles is 1. The summed E-state index contributed by atoms with van der Waals surface area (Å²) in [5.74, 6) is -0.597. The van der Waals surface area contributed by atoms with E-state index in [-0.39, 0.29) is 16.3 Å². The number of nitrogens with one attached hydrogen (secondary N) is 1. The van der Waals surface area contributed by atoms with Crippen molar-refractivity contribution in [3.05, 3.63) is 45.6 Å². The van der Waals surface area contributed by atoms with Crippen molar-refractivity contribution in [1.29, 1.82) is 5.26 Å². The Balaban J connectivity index is 2.32. The highest BCUT2D eigenvalue weighted by Crippen LogP contribution is 2.33. The molecule has 2 aromatic rings. The minimum absolute atomic E-state index is 0.0564. The van der Waals surface area contributed by atoms with Crippen molar-refractivity contribution in [2.75, 3.05) is 11.1 Å². The molecule has 0 aliphatic heterocycles. The smallest absolute Gasteiger partial charge is 0.397 e. The lowest BCUT2D eigenvalue weighted by molar-refractivity contribution is -0.137. The Morgan fingerprint density at radius 2 is 2.05 bits per heavy atom. The van der Waals surface area contributed by atoms with E-state index in [2.05, 4.69) is 5.32 Å². The molecule has 0 aliphatic rings. The number of carbonyl (C=O) groups is 1. The molecule has 108 valence electrons. The number of halogens is 3. The molecule has 2 rings (SSSR count). The number of anilines is 2. The van der Waals surface area contributed by atoms with Crippen molar-refractivity contribution in [3.63, 3.8) is 0 Å². The molecule has 1 aromatic carbocycles. The monoisotopic (exact) mass is 311 g/mol. The number of hydrogen-bond donors (Lipinski definition) is 2. The van der Waals surface area contributed by atoms with Gasteiger partial charge in [-0.25, -0.2) is 0 Å². The van der Waals surface area contributed by atoms with E-state index in [4.69, 9.17) is 11.0 Å². The molecule has 0 atom stereocenters. The SMILES string of the molecule is N#Cc1ccc(NC(=O)c2sccc2N)cc1C(F)(F)F. The maximum absolute atomic E-state index is 12.8. The van der Waals surface area contributed by atoms with Crippen molar-refractivity contribution < 1.29 is 18.0 Å². The van der Waals surface area contributed by atoms with Gasteiger partial charge in [-0.3, -0.25) is 4.79 Å². The minimum atomic E-state index is -4.67. The van der Waals surface area contributed by atoms with E-state index < -0.39 is 23.2 Å². The third-order valence-corrected chi connectivity index (χ3v) is 3.53. The van der Waals surface area contributed by atoms with Gasteiger partial charge < -0.3 is 11.1 Å².